The Morgan fingerprint density at radius 3 is 1.98 bits per heavy atom. The van der Waals surface area contributed by atoms with Gasteiger partial charge >= 0.3 is 7.82 Å². The van der Waals surface area contributed by atoms with E-state index in [1.165, 1.54) is 38.5 Å². The molecule has 0 spiro atoms. The van der Waals surface area contributed by atoms with E-state index in [9.17, 15) is 19.4 Å². The number of likely N-dealkylation sites (N-methyl/N-ethyl adjacent to an activating group) is 1. The largest absolute Gasteiger partial charge is 0.472 e. The highest BCUT2D eigenvalue weighted by molar-refractivity contribution is 7.47. The van der Waals surface area contributed by atoms with E-state index in [1.54, 1.807) is 6.08 Å². The van der Waals surface area contributed by atoms with Crippen LogP contribution in [0.25, 0.3) is 0 Å². The molecule has 8 nitrogen and oxygen atoms in total. The van der Waals surface area contributed by atoms with E-state index in [1.807, 2.05) is 27.2 Å². The number of nitrogens with zero attached hydrogens (tertiary/aromatic N) is 1. The van der Waals surface area contributed by atoms with Crippen LogP contribution in [0.15, 0.2) is 36.5 Å². The highest BCUT2D eigenvalue weighted by atomic mass is 31.2. The first-order chi connectivity index (χ1) is 20.0. The number of rotatable bonds is 28. The molecule has 3 atom stereocenters. The van der Waals surface area contributed by atoms with Crippen molar-refractivity contribution in [3.63, 3.8) is 0 Å². The van der Waals surface area contributed by atoms with Gasteiger partial charge in [0, 0.05) is 6.42 Å². The SMILES string of the molecule is CCCC/C=C\CCCCCCCC(=O)NC(COP(=O)(O)OCC[N+](C)(C)C)C(O)/C=C/CC/C=C/CCCCC. The summed E-state index contributed by atoms with van der Waals surface area (Å²) >= 11 is 0. The van der Waals surface area contributed by atoms with E-state index >= 15 is 0 Å². The molecular formula is C33H64N2O6P+. The summed E-state index contributed by atoms with van der Waals surface area (Å²) in [6.45, 7) is 4.64. The summed E-state index contributed by atoms with van der Waals surface area (Å²) in [5, 5.41) is 13.6. The van der Waals surface area contributed by atoms with Crippen molar-refractivity contribution in [3.8, 4) is 0 Å². The van der Waals surface area contributed by atoms with Crippen LogP contribution >= 0.6 is 7.82 Å². The smallest absolute Gasteiger partial charge is 0.387 e. The summed E-state index contributed by atoms with van der Waals surface area (Å²) in [5.74, 6) is -0.205. The quantitative estimate of drug-likeness (QED) is 0.0362. The van der Waals surface area contributed by atoms with Crippen molar-refractivity contribution < 1.29 is 32.9 Å². The molecule has 0 aromatic heterocycles. The van der Waals surface area contributed by atoms with Crippen molar-refractivity contribution in [2.45, 2.75) is 129 Å². The first-order valence-corrected chi connectivity index (χ1v) is 17.9. The predicted molar refractivity (Wildman–Crippen MR) is 175 cm³/mol. The number of aliphatic hydroxyl groups is 1. The van der Waals surface area contributed by atoms with Gasteiger partial charge in [-0.25, -0.2) is 4.57 Å². The topological polar surface area (TPSA) is 105 Å². The van der Waals surface area contributed by atoms with Gasteiger partial charge in [-0.1, -0.05) is 95.2 Å². The fourth-order valence-electron chi connectivity index (χ4n) is 4.09. The van der Waals surface area contributed by atoms with Gasteiger partial charge in [0.05, 0.1) is 39.9 Å². The molecule has 0 saturated heterocycles. The van der Waals surface area contributed by atoms with Crippen LogP contribution < -0.4 is 5.32 Å². The van der Waals surface area contributed by atoms with E-state index in [0.29, 0.717) is 17.4 Å². The molecular weight excluding hydrogens is 551 g/mol. The summed E-state index contributed by atoms with van der Waals surface area (Å²) < 4.78 is 23.3. The van der Waals surface area contributed by atoms with Crippen LogP contribution in [0.2, 0.25) is 0 Å². The van der Waals surface area contributed by atoms with Crippen molar-refractivity contribution in [1.82, 2.24) is 5.32 Å². The number of amides is 1. The number of carbonyl (C=O) groups excluding carboxylic acids is 1. The second-order valence-corrected chi connectivity index (χ2v) is 13.6. The Morgan fingerprint density at radius 1 is 0.786 bits per heavy atom. The van der Waals surface area contributed by atoms with Gasteiger partial charge in [-0.3, -0.25) is 13.8 Å². The van der Waals surface area contributed by atoms with Gasteiger partial charge in [-0.05, 0) is 51.4 Å². The van der Waals surface area contributed by atoms with E-state index < -0.39 is 20.0 Å². The number of quaternary nitrogens is 1. The van der Waals surface area contributed by atoms with Gasteiger partial charge in [0.15, 0.2) is 0 Å². The van der Waals surface area contributed by atoms with Crippen LogP contribution in [0, 0.1) is 0 Å². The maximum atomic E-state index is 12.7. The van der Waals surface area contributed by atoms with Gasteiger partial charge in [-0.15, -0.1) is 0 Å². The zero-order valence-corrected chi connectivity index (χ0v) is 28.4. The zero-order valence-electron chi connectivity index (χ0n) is 27.5. The molecule has 0 aromatic carbocycles. The minimum Gasteiger partial charge on any atom is -0.387 e. The van der Waals surface area contributed by atoms with Crippen LogP contribution in [0.5, 0.6) is 0 Å². The van der Waals surface area contributed by atoms with Crippen molar-refractivity contribution >= 4 is 13.7 Å². The first kappa shape index (κ1) is 40.7. The summed E-state index contributed by atoms with van der Waals surface area (Å²) in [6.07, 6.45) is 27.9. The lowest BCUT2D eigenvalue weighted by atomic mass is 10.1. The molecule has 0 bridgehead atoms. The fourth-order valence-corrected chi connectivity index (χ4v) is 4.83. The molecule has 0 radical (unpaired) electrons. The molecule has 0 aliphatic rings. The Bertz CT molecular complexity index is 794. The number of hydrogen-bond donors (Lipinski definition) is 3. The van der Waals surface area contributed by atoms with Crippen LogP contribution in [0.4, 0.5) is 0 Å². The third kappa shape index (κ3) is 27.5. The number of unbranched alkanes of at least 4 members (excludes halogenated alkanes) is 11. The molecule has 42 heavy (non-hydrogen) atoms. The molecule has 246 valence electrons. The second kappa shape index (κ2) is 26.2. The molecule has 0 aliphatic carbocycles. The third-order valence-electron chi connectivity index (χ3n) is 6.83. The highest BCUT2D eigenvalue weighted by Gasteiger charge is 2.27. The Kier molecular flexibility index (Phi) is 25.4. The molecule has 0 heterocycles. The maximum absolute atomic E-state index is 12.7. The molecule has 0 rings (SSSR count). The Balaban J connectivity index is 4.70. The van der Waals surface area contributed by atoms with Crippen molar-refractivity contribution in [2.75, 3.05) is 40.9 Å². The minimum atomic E-state index is -4.33. The number of phosphoric ester groups is 1. The standard InChI is InChI=1S/C33H63N2O6P/c1-6-8-10-12-14-16-17-19-21-23-25-27-33(37)34-31(30-41-42(38,39)40-29-28-35(3,4)5)32(36)26-24-22-20-18-15-13-11-9-7-2/h12,14-15,18,24,26,31-32,36H,6-11,13,16-17,19-23,25,27-30H2,1-5H3,(H-,34,37,38,39)/p+1/b14-12-,18-15+,26-24+. The summed E-state index contributed by atoms with van der Waals surface area (Å²) in [7, 11) is 1.54. The molecule has 0 saturated carbocycles. The predicted octanol–water partition coefficient (Wildman–Crippen LogP) is 7.62. The number of nitrogens with one attached hydrogen (secondary N) is 1. The van der Waals surface area contributed by atoms with Gasteiger partial charge < -0.3 is 19.8 Å². The number of allylic oxidation sites excluding steroid dienone is 5. The molecule has 3 unspecified atom stereocenters. The molecule has 1 amide bonds. The Labute approximate surface area is 257 Å². The second-order valence-electron chi connectivity index (χ2n) is 12.2. The van der Waals surface area contributed by atoms with Gasteiger partial charge in [-0.2, -0.15) is 0 Å². The molecule has 0 aromatic rings. The number of phosphoric acid groups is 1. The van der Waals surface area contributed by atoms with Crippen LogP contribution in [-0.4, -0.2) is 73.4 Å². The summed E-state index contributed by atoms with van der Waals surface area (Å²) in [6, 6.07) is -0.861. The summed E-state index contributed by atoms with van der Waals surface area (Å²) in [4.78, 5) is 22.8. The molecule has 0 fully saturated rings. The van der Waals surface area contributed by atoms with E-state index in [2.05, 4.69) is 43.5 Å². The van der Waals surface area contributed by atoms with Crippen molar-refractivity contribution in [2.24, 2.45) is 0 Å². The third-order valence-corrected chi connectivity index (χ3v) is 7.82. The van der Waals surface area contributed by atoms with Crippen molar-refractivity contribution in [1.29, 1.82) is 0 Å². The molecule has 9 heteroatoms. The Hall–Kier alpha value is -1.28. The lowest BCUT2D eigenvalue weighted by Gasteiger charge is -2.25. The minimum absolute atomic E-state index is 0.0534. The maximum Gasteiger partial charge on any atom is 0.472 e. The fraction of sp³-hybridized carbons (Fsp3) is 0.788. The summed E-state index contributed by atoms with van der Waals surface area (Å²) in [5.41, 5.74) is 0. The monoisotopic (exact) mass is 615 g/mol. The van der Waals surface area contributed by atoms with Crippen molar-refractivity contribution in [3.05, 3.63) is 36.5 Å². The van der Waals surface area contributed by atoms with E-state index in [4.69, 9.17) is 9.05 Å². The molecule has 3 N–H and O–H groups in total. The normalized spacial score (nSPS) is 15.5. The van der Waals surface area contributed by atoms with Gasteiger partial charge in [0.1, 0.15) is 13.2 Å². The average molecular weight is 616 g/mol. The zero-order chi connectivity index (χ0) is 31.5. The number of carbonyl (C=O) groups is 1. The first-order valence-electron chi connectivity index (χ1n) is 16.4. The highest BCUT2D eigenvalue weighted by Crippen LogP contribution is 2.43. The van der Waals surface area contributed by atoms with Crippen LogP contribution in [0.1, 0.15) is 117 Å². The van der Waals surface area contributed by atoms with Gasteiger partial charge in [0.25, 0.3) is 0 Å². The lowest BCUT2D eigenvalue weighted by molar-refractivity contribution is -0.870. The van der Waals surface area contributed by atoms with Crippen LogP contribution in [-0.2, 0) is 18.4 Å². The number of hydrogen-bond acceptors (Lipinski definition) is 5. The van der Waals surface area contributed by atoms with Crippen LogP contribution in [0.3, 0.4) is 0 Å². The van der Waals surface area contributed by atoms with E-state index in [-0.39, 0.29) is 19.1 Å². The van der Waals surface area contributed by atoms with E-state index in [0.717, 1.165) is 57.8 Å². The average Bonchev–Trinajstić information content (AvgIpc) is 2.92. The number of aliphatic hydroxyl groups excluding tert-OH is 1. The lowest BCUT2D eigenvalue weighted by Crippen LogP contribution is -2.45. The Morgan fingerprint density at radius 2 is 1.33 bits per heavy atom. The molecule has 0 aliphatic heterocycles. The van der Waals surface area contributed by atoms with Gasteiger partial charge in [0.2, 0.25) is 5.91 Å².